The summed E-state index contributed by atoms with van der Waals surface area (Å²) in [5, 5.41) is 7.35. The topological polar surface area (TPSA) is 80.8 Å². The van der Waals surface area contributed by atoms with Crippen LogP contribution >= 0.6 is 0 Å². The zero-order chi connectivity index (χ0) is 24.1. The molecule has 0 saturated heterocycles. The van der Waals surface area contributed by atoms with Gasteiger partial charge in [0.25, 0.3) is 0 Å². The molecule has 8 nitrogen and oxygen atoms in total. The van der Waals surface area contributed by atoms with Crippen molar-refractivity contribution < 1.29 is 14.2 Å². The van der Waals surface area contributed by atoms with Gasteiger partial charge in [-0.25, -0.2) is 4.98 Å². The summed E-state index contributed by atoms with van der Waals surface area (Å²) < 4.78 is 16.4. The lowest BCUT2D eigenvalue weighted by molar-refractivity contribution is 0.322. The summed E-state index contributed by atoms with van der Waals surface area (Å²) in [4.78, 5) is 11.9. The number of nitrogens with one attached hydrogen (secondary N) is 2. The lowest BCUT2D eigenvalue weighted by atomic mass is 9.91. The number of benzene rings is 1. The van der Waals surface area contributed by atoms with Gasteiger partial charge in [-0.3, -0.25) is 0 Å². The van der Waals surface area contributed by atoms with E-state index in [-0.39, 0.29) is 0 Å². The van der Waals surface area contributed by atoms with E-state index in [9.17, 15) is 0 Å². The van der Waals surface area contributed by atoms with Gasteiger partial charge in [0.15, 0.2) is 11.5 Å². The first-order valence-electron chi connectivity index (χ1n) is 12.4. The third-order valence-electron chi connectivity index (χ3n) is 6.96. The van der Waals surface area contributed by atoms with Crippen LogP contribution in [0.25, 0.3) is 0 Å². The molecule has 1 saturated carbocycles. The minimum absolute atomic E-state index is 0.413. The largest absolute Gasteiger partial charge is 0.493 e. The molecule has 8 heteroatoms. The van der Waals surface area contributed by atoms with Gasteiger partial charge in [-0.1, -0.05) is 0 Å². The minimum Gasteiger partial charge on any atom is -0.493 e. The Bertz CT molecular complexity index is 948. The first-order valence-corrected chi connectivity index (χ1v) is 12.4. The van der Waals surface area contributed by atoms with Crippen molar-refractivity contribution in [2.75, 3.05) is 45.6 Å². The molecule has 2 aliphatic rings. The van der Waals surface area contributed by atoms with Crippen LogP contribution in [0, 0.1) is 0 Å². The molecule has 0 amide bonds. The molecule has 2 N–H and O–H groups in total. The van der Waals surface area contributed by atoms with Crippen LogP contribution in [0.5, 0.6) is 17.2 Å². The molecule has 0 bridgehead atoms. The van der Waals surface area contributed by atoms with E-state index in [2.05, 4.69) is 29.6 Å². The summed E-state index contributed by atoms with van der Waals surface area (Å²) in [5.41, 5.74) is 3.68. The van der Waals surface area contributed by atoms with Gasteiger partial charge in [0.2, 0.25) is 11.7 Å². The highest BCUT2D eigenvalue weighted by Gasteiger charge is 2.24. The van der Waals surface area contributed by atoms with Crippen molar-refractivity contribution in [2.24, 2.45) is 0 Å². The SMILES string of the molecule is COc1cc(CN[C@H]2CC[C@@H](Nc3nc4c(c(N(C)C)n3)CCCC4)CC2)cc(OC)c1OC. The van der Waals surface area contributed by atoms with E-state index in [1.165, 1.54) is 24.1 Å². The van der Waals surface area contributed by atoms with Crippen LogP contribution in [0.4, 0.5) is 11.8 Å². The number of hydrogen-bond acceptors (Lipinski definition) is 8. The predicted molar refractivity (Wildman–Crippen MR) is 136 cm³/mol. The third-order valence-corrected chi connectivity index (χ3v) is 6.96. The number of aromatic nitrogens is 2. The highest BCUT2D eigenvalue weighted by Crippen LogP contribution is 2.38. The number of ether oxygens (including phenoxy) is 3. The van der Waals surface area contributed by atoms with E-state index < -0.39 is 0 Å². The molecule has 0 atom stereocenters. The third kappa shape index (κ3) is 5.49. The first kappa shape index (κ1) is 24.4. The number of aryl methyl sites for hydroxylation is 1. The fraction of sp³-hybridized carbons (Fsp3) is 0.615. The fourth-order valence-electron chi connectivity index (χ4n) is 5.13. The monoisotopic (exact) mass is 469 g/mol. The molecule has 1 heterocycles. The van der Waals surface area contributed by atoms with Crippen molar-refractivity contribution in [1.82, 2.24) is 15.3 Å². The van der Waals surface area contributed by atoms with E-state index in [1.54, 1.807) is 21.3 Å². The van der Waals surface area contributed by atoms with E-state index >= 15 is 0 Å². The number of nitrogens with zero attached hydrogens (tertiary/aromatic N) is 3. The summed E-state index contributed by atoms with van der Waals surface area (Å²) in [6, 6.07) is 4.92. The van der Waals surface area contributed by atoms with Crippen LogP contribution < -0.4 is 29.7 Å². The molecule has 0 spiro atoms. The molecular weight excluding hydrogens is 430 g/mol. The molecule has 0 aliphatic heterocycles. The van der Waals surface area contributed by atoms with Gasteiger partial charge in [0.05, 0.1) is 27.0 Å². The second-order valence-corrected chi connectivity index (χ2v) is 9.50. The van der Waals surface area contributed by atoms with Gasteiger partial charge in [-0.05, 0) is 69.1 Å². The van der Waals surface area contributed by atoms with Gasteiger partial charge in [0.1, 0.15) is 5.82 Å². The van der Waals surface area contributed by atoms with Crippen molar-refractivity contribution in [1.29, 1.82) is 0 Å². The summed E-state index contributed by atoms with van der Waals surface area (Å²) in [6.45, 7) is 0.763. The molecule has 0 unspecified atom stereocenters. The number of rotatable bonds is 9. The highest BCUT2D eigenvalue weighted by atomic mass is 16.5. The van der Waals surface area contributed by atoms with Crippen LogP contribution in [0.2, 0.25) is 0 Å². The first-order chi connectivity index (χ1) is 16.5. The zero-order valence-corrected chi connectivity index (χ0v) is 21.2. The van der Waals surface area contributed by atoms with Crippen LogP contribution in [-0.2, 0) is 19.4 Å². The molecule has 34 heavy (non-hydrogen) atoms. The lowest BCUT2D eigenvalue weighted by Crippen LogP contribution is -2.37. The summed E-state index contributed by atoms with van der Waals surface area (Å²) in [5.74, 6) is 3.87. The minimum atomic E-state index is 0.413. The quantitative estimate of drug-likeness (QED) is 0.571. The predicted octanol–water partition coefficient (Wildman–Crippen LogP) is 3.96. The Hall–Kier alpha value is -2.74. The molecule has 2 aliphatic carbocycles. The normalized spacial score (nSPS) is 19.8. The molecule has 1 fully saturated rings. The van der Waals surface area contributed by atoms with Crippen molar-refractivity contribution in [3.8, 4) is 17.2 Å². The van der Waals surface area contributed by atoms with Gasteiger partial charge in [0, 0.05) is 38.3 Å². The van der Waals surface area contributed by atoms with Gasteiger partial charge in [-0.2, -0.15) is 4.98 Å². The van der Waals surface area contributed by atoms with Crippen LogP contribution in [0.1, 0.15) is 55.3 Å². The number of methoxy groups -OCH3 is 3. The van der Waals surface area contributed by atoms with E-state index in [1.807, 2.05) is 12.1 Å². The van der Waals surface area contributed by atoms with Crippen molar-refractivity contribution in [3.05, 3.63) is 29.0 Å². The number of hydrogen-bond donors (Lipinski definition) is 2. The maximum absolute atomic E-state index is 5.48. The Labute approximate surface area is 203 Å². The Morgan fingerprint density at radius 2 is 1.53 bits per heavy atom. The van der Waals surface area contributed by atoms with Crippen LogP contribution in [0.3, 0.4) is 0 Å². The Balaban J connectivity index is 1.33. The van der Waals surface area contributed by atoms with Crippen molar-refractivity contribution >= 4 is 11.8 Å². The number of fused-ring (bicyclic) bond motifs is 1. The fourth-order valence-corrected chi connectivity index (χ4v) is 5.13. The van der Waals surface area contributed by atoms with Gasteiger partial charge >= 0.3 is 0 Å². The van der Waals surface area contributed by atoms with Crippen LogP contribution in [-0.4, -0.2) is 57.5 Å². The maximum Gasteiger partial charge on any atom is 0.225 e. The lowest BCUT2D eigenvalue weighted by Gasteiger charge is -2.30. The van der Waals surface area contributed by atoms with Gasteiger partial charge < -0.3 is 29.7 Å². The second-order valence-electron chi connectivity index (χ2n) is 9.50. The Morgan fingerprint density at radius 3 is 2.15 bits per heavy atom. The standard InChI is InChI=1S/C26H39N5O3/c1-31(2)25-20-8-6-7-9-21(20)29-26(30-25)28-19-12-10-18(11-13-19)27-16-17-14-22(32-3)24(34-5)23(15-17)33-4/h14-15,18-19,27H,6-13,16H2,1-5H3,(H,28,29,30)/t18-,19+. The van der Waals surface area contributed by atoms with Crippen molar-refractivity contribution in [2.45, 2.75) is 70.0 Å². The molecule has 4 rings (SSSR count). The van der Waals surface area contributed by atoms with Gasteiger partial charge in [-0.15, -0.1) is 0 Å². The molecule has 0 radical (unpaired) electrons. The smallest absolute Gasteiger partial charge is 0.225 e. The van der Waals surface area contributed by atoms with Crippen molar-refractivity contribution in [3.63, 3.8) is 0 Å². The zero-order valence-electron chi connectivity index (χ0n) is 21.2. The summed E-state index contributed by atoms with van der Waals surface area (Å²) in [7, 11) is 9.08. The molecule has 1 aromatic carbocycles. The van der Waals surface area contributed by atoms with E-state index in [0.29, 0.717) is 29.3 Å². The number of anilines is 2. The van der Waals surface area contributed by atoms with E-state index in [4.69, 9.17) is 24.2 Å². The Kier molecular flexibility index (Phi) is 7.98. The molecular formula is C26H39N5O3. The Morgan fingerprint density at radius 1 is 0.882 bits per heavy atom. The maximum atomic E-state index is 5.48. The molecule has 1 aromatic heterocycles. The average molecular weight is 470 g/mol. The summed E-state index contributed by atoms with van der Waals surface area (Å²) in [6.07, 6.45) is 9.05. The second kappa shape index (κ2) is 11.1. The molecule has 186 valence electrons. The summed E-state index contributed by atoms with van der Waals surface area (Å²) >= 11 is 0. The molecule has 2 aromatic rings. The van der Waals surface area contributed by atoms with E-state index in [0.717, 1.165) is 62.4 Å². The van der Waals surface area contributed by atoms with Crippen LogP contribution in [0.15, 0.2) is 12.1 Å². The average Bonchev–Trinajstić information content (AvgIpc) is 2.87. The highest BCUT2D eigenvalue weighted by molar-refractivity contribution is 5.54.